The van der Waals surface area contributed by atoms with Crippen LogP contribution >= 0.6 is 0 Å². The molecule has 6 heteroatoms. The third-order valence-electron chi connectivity index (χ3n) is 2.87. The lowest BCUT2D eigenvalue weighted by Crippen LogP contribution is -2.23. The lowest BCUT2D eigenvalue weighted by Gasteiger charge is -2.07. The number of rotatable bonds is 6. The highest BCUT2D eigenvalue weighted by atomic mass is 16.4. The first-order valence-electron chi connectivity index (χ1n) is 6.40. The molecule has 1 aromatic heterocycles. The number of nitrogens with two attached hydrogens (primary N) is 1. The number of nitrogens with zero attached hydrogens (tertiary/aromatic N) is 1. The van der Waals surface area contributed by atoms with Crippen LogP contribution in [0.3, 0.4) is 0 Å². The number of hydrogen-bond acceptors (Lipinski definition) is 4. The van der Waals surface area contributed by atoms with Gasteiger partial charge in [0.05, 0.1) is 12.2 Å². The average Bonchev–Trinajstić information content (AvgIpc) is 2.94. The zero-order valence-corrected chi connectivity index (χ0v) is 11.0. The lowest BCUT2D eigenvalue weighted by molar-refractivity contribution is 0.194. The maximum absolute atomic E-state index is 10.3. The molecule has 1 atom stereocenters. The van der Waals surface area contributed by atoms with Gasteiger partial charge >= 0.3 is 6.09 Å². The molecule has 0 aliphatic rings. The van der Waals surface area contributed by atoms with E-state index in [1.165, 1.54) is 0 Å². The van der Waals surface area contributed by atoms with E-state index in [0.29, 0.717) is 31.0 Å². The smallest absolute Gasteiger partial charge is 0.404 e. The summed E-state index contributed by atoms with van der Waals surface area (Å²) in [4.78, 5) is 14.5. The van der Waals surface area contributed by atoms with Gasteiger partial charge in [0.15, 0.2) is 5.76 Å². The van der Waals surface area contributed by atoms with Crippen molar-refractivity contribution < 1.29 is 14.3 Å². The van der Waals surface area contributed by atoms with Gasteiger partial charge in [-0.05, 0) is 12.8 Å². The predicted octanol–water partition coefficient (Wildman–Crippen LogP) is 2.39. The van der Waals surface area contributed by atoms with Crippen LogP contribution in [-0.4, -0.2) is 22.7 Å². The number of carboxylic acid groups (broad SMARTS) is 1. The Morgan fingerprint density at radius 2 is 2.15 bits per heavy atom. The molecule has 1 aromatic carbocycles. The molecular formula is C14H17N3O3. The van der Waals surface area contributed by atoms with E-state index in [1.54, 1.807) is 6.20 Å². The van der Waals surface area contributed by atoms with Crippen LogP contribution in [0.5, 0.6) is 0 Å². The first-order chi connectivity index (χ1) is 9.66. The zero-order chi connectivity index (χ0) is 14.4. The highest BCUT2D eigenvalue weighted by molar-refractivity contribution is 5.64. The fourth-order valence-electron chi connectivity index (χ4n) is 1.84. The summed E-state index contributed by atoms with van der Waals surface area (Å²) in [6.07, 6.45) is 1.87. The minimum Gasteiger partial charge on any atom is -0.465 e. The third kappa shape index (κ3) is 3.83. The Morgan fingerprint density at radius 1 is 1.40 bits per heavy atom. The van der Waals surface area contributed by atoms with Crippen LogP contribution in [-0.2, 0) is 0 Å². The molecule has 6 nitrogen and oxygen atoms in total. The highest BCUT2D eigenvalue weighted by Gasteiger charge is 2.13. The molecule has 1 amide bonds. The van der Waals surface area contributed by atoms with E-state index in [-0.39, 0.29) is 6.04 Å². The van der Waals surface area contributed by atoms with E-state index in [2.05, 4.69) is 10.3 Å². The van der Waals surface area contributed by atoms with Gasteiger partial charge in [-0.1, -0.05) is 30.3 Å². The highest BCUT2D eigenvalue weighted by Crippen LogP contribution is 2.23. The molecule has 0 aliphatic carbocycles. The van der Waals surface area contributed by atoms with Crippen molar-refractivity contribution in [2.24, 2.45) is 5.73 Å². The summed E-state index contributed by atoms with van der Waals surface area (Å²) in [5, 5.41) is 10.7. The quantitative estimate of drug-likeness (QED) is 0.702. The van der Waals surface area contributed by atoms with Crippen LogP contribution in [0.25, 0.3) is 11.3 Å². The Labute approximate surface area is 116 Å². The van der Waals surface area contributed by atoms with E-state index in [0.717, 1.165) is 5.56 Å². The lowest BCUT2D eigenvalue weighted by atomic mass is 10.1. The number of nitrogens with one attached hydrogen (secondary N) is 1. The molecule has 20 heavy (non-hydrogen) atoms. The van der Waals surface area contributed by atoms with Crippen molar-refractivity contribution >= 4 is 6.09 Å². The van der Waals surface area contributed by atoms with E-state index in [1.807, 2.05) is 30.3 Å². The number of aromatic nitrogens is 1. The normalized spacial score (nSPS) is 12.1. The molecule has 0 saturated carbocycles. The standard InChI is InChI=1S/C14H17N3O3/c15-11(7-4-8-16-14(18)19)13-17-9-12(20-13)10-5-2-1-3-6-10/h1-3,5-6,9,11,16H,4,7-8,15H2,(H,18,19). The first-order valence-corrected chi connectivity index (χ1v) is 6.40. The van der Waals surface area contributed by atoms with Gasteiger partial charge in [-0.2, -0.15) is 0 Å². The van der Waals surface area contributed by atoms with E-state index in [4.69, 9.17) is 15.3 Å². The summed E-state index contributed by atoms with van der Waals surface area (Å²) < 4.78 is 5.64. The molecule has 0 bridgehead atoms. The summed E-state index contributed by atoms with van der Waals surface area (Å²) in [6.45, 7) is 0.370. The Kier molecular flexibility index (Phi) is 4.73. The largest absolute Gasteiger partial charge is 0.465 e. The van der Waals surface area contributed by atoms with Gasteiger partial charge in [-0.3, -0.25) is 0 Å². The summed E-state index contributed by atoms with van der Waals surface area (Å²) in [6, 6.07) is 9.33. The van der Waals surface area contributed by atoms with E-state index in [9.17, 15) is 4.79 Å². The van der Waals surface area contributed by atoms with Crippen molar-refractivity contribution in [2.45, 2.75) is 18.9 Å². The molecule has 0 radical (unpaired) electrons. The summed E-state index contributed by atoms with van der Waals surface area (Å²) in [5.74, 6) is 1.15. The Balaban J connectivity index is 1.90. The van der Waals surface area contributed by atoms with Crippen molar-refractivity contribution in [3.63, 3.8) is 0 Å². The second-order valence-electron chi connectivity index (χ2n) is 4.41. The predicted molar refractivity (Wildman–Crippen MR) is 74.1 cm³/mol. The molecular weight excluding hydrogens is 258 g/mol. The van der Waals surface area contributed by atoms with Crippen LogP contribution in [0.2, 0.25) is 0 Å². The summed E-state index contributed by atoms with van der Waals surface area (Å²) in [5.41, 5.74) is 6.92. The molecule has 106 valence electrons. The fourth-order valence-corrected chi connectivity index (χ4v) is 1.84. The molecule has 2 rings (SSSR count). The topological polar surface area (TPSA) is 101 Å². The number of benzene rings is 1. The Bertz CT molecular complexity index is 554. The Hall–Kier alpha value is -2.34. The van der Waals surface area contributed by atoms with Crippen molar-refractivity contribution in [3.05, 3.63) is 42.4 Å². The number of amides is 1. The minimum atomic E-state index is -1.03. The number of carbonyl (C=O) groups is 1. The van der Waals surface area contributed by atoms with Crippen LogP contribution in [0.1, 0.15) is 24.8 Å². The molecule has 0 spiro atoms. The van der Waals surface area contributed by atoms with Crippen molar-refractivity contribution in [3.8, 4) is 11.3 Å². The van der Waals surface area contributed by atoms with Gasteiger partial charge < -0.3 is 20.6 Å². The number of hydrogen-bond donors (Lipinski definition) is 3. The molecule has 1 unspecified atom stereocenters. The second kappa shape index (κ2) is 6.72. The van der Waals surface area contributed by atoms with Crippen molar-refractivity contribution in [2.75, 3.05) is 6.54 Å². The van der Waals surface area contributed by atoms with Crippen LogP contribution in [0.15, 0.2) is 40.9 Å². The molecule has 2 aromatic rings. The Morgan fingerprint density at radius 3 is 2.85 bits per heavy atom. The molecule has 0 fully saturated rings. The average molecular weight is 275 g/mol. The molecule has 1 heterocycles. The maximum atomic E-state index is 10.3. The SMILES string of the molecule is NC(CCCNC(=O)O)c1ncc(-c2ccccc2)o1. The summed E-state index contributed by atoms with van der Waals surface area (Å²) >= 11 is 0. The molecule has 4 N–H and O–H groups in total. The van der Waals surface area contributed by atoms with Crippen molar-refractivity contribution in [1.82, 2.24) is 10.3 Å². The van der Waals surface area contributed by atoms with Gasteiger partial charge in [0.2, 0.25) is 5.89 Å². The fraction of sp³-hybridized carbons (Fsp3) is 0.286. The zero-order valence-electron chi connectivity index (χ0n) is 11.0. The monoisotopic (exact) mass is 275 g/mol. The molecule has 0 aliphatic heterocycles. The molecule has 0 saturated heterocycles. The van der Waals surface area contributed by atoms with Crippen LogP contribution < -0.4 is 11.1 Å². The van der Waals surface area contributed by atoms with Gasteiger partial charge in [0.25, 0.3) is 0 Å². The second-order valence-corrected chi connectivity index (χ2v) is 4.41. The first kappa shape index (κ1) is 14.1. The maximum Gasteiger partial charge on any atom is 0.404 e. The van der Waals surface area contributed by atoms with Crippen LogP contribution in [0.4, 0.5) is 4.79 Å². The van der Waals surface area contributed by atoms with Gasteiger partial charge in [-0.25, -0.2) is 9.78 Å². The van der Waals surface area contributed by atoms with E-state index < -0.39 is 6.09 Å². The van der Waals surface area contributed by atoms with Gasteiger partial charge in [-0.15, -0.1) is 0 Å². The third-order valence-corrected chi connectivity index (χ3v) is 2.87. The van der Waals surface area contributed by atoms with E-state index >= 15 is 0 Å². The van der Waals surface area contributed by atoms with Gasteiger partial charge in [0, 0.05) is 12.1 Å². The summed E-state index contributed by atoms with van der Waals surface area (Å²) in [7, 11) is 0. The minimum absolute atomic E-state index is 0.331. The number of oxazole rings is 1. The van der Waals surface area contributed by atoms with Crippen molar-refractivity contribution in [1.29, 1.82) is 0 Å². The van der Waals surface area contributed by atoms with Gasteiger partial charge in [0.1, 0.15) is 0 Å². The van der Waals surface area contributed by atoms with Crippen LogP contribution in [0, 0.1) is 0 Å².